The van der Waals surface area contributed by atoms with Gasteiger partial charge >= 0.3 is 0 Å². The minimum atomic E-state index is -0.191. The number of amides is 1. The summed E-state index contributed by atoms with van der Waals surface area (Å²) in [6.07, 6.45) is 4.08. The third-order valence-electron chi connectivity index (χ3n) is 8.03. The molecule has 5 heteroatoms. The van der Waals surface area contributed by atoms with E-state index in [1.54, 1.807) is 11.3 Å². The number of aromatic nitrogens is 1. The van der Waals surface area contributed by atoms with Crippen molar-refractivity contribution in [3.05, 3.63) is 81.7 Å². The monoisotopic (exact) mass is 493 g/mol. The molecule has 1 atom stereocenters. The maximum absolute atomic E-state index is 13.8. The average Bonchev–Trinajstić information content (AvgIpc) is 3.24. The van der Waals surface area contributed by atoms with Crippen LogP contribution in [-0.2, 0) is 12.8 Å². The highest BCUT2D eigenvalue weighted by molar-refractivity contribution is 7.16. The molecule has 0 spiro atoms. The van der Waals surface area contributed by atoms with Crippen molar-refractivity contribution in [2.45, 2.75) is 53.4 Å². The molecule has 0 bridgehead atoms. The number of hydrogen-bond acceptors (Lipinski definition) is 4. The highest BCUT2D eigenvalue weighted by Crippen LogP contribution is 2.45. The van der Waals surface area contributed by atoms with Crippen molar-refractivity contribution < 1.29 is 4.79 Å². The first-order chi connectivity index (χ1) is 17.3. The topological polar surface area (TPSA) is 65.8 Å². The van der Waals surface area contributed by atoms with Gasteiger partial charge < -0.3 is 5.32 Å². The summed E-state index contributed by atoms with van der Waals surface area (Å²) >= 11 is 1.58. The summed E-state index contributed by atoms with van der Waals surface area (Å²) in [4.78, 5) is 20.0. The number of anilines is 1. The van der Waals surface area contributed by atoms with E-state index in [0.29, 0.717) is 22.0 Å². The van der Waals surface area contributed by atoms with Gasteiger partial charge in [-0.25, -0.2) is 4.98 Å². The summed E-state index contributed by atoms with van der Waals surface area (Å²) in [5.74, 6) is 0.396. The third kappa shape index (κ3) is 4.20. The van der Waals surface area contributed by atoms with Crippen LogP contribution < -0.4 is 5.32 Å². The summed E-state index contributed by atoms with van der Waals surface area (Å²) in [6, 6.07) is 20.1. The van der Waals surface area contributed by atoms with Gasteiger partial charge in [0.25, 0.3) is 5.91 Å². The first kappa shape index (κ1) is 24.2. The molecule has 5 rings (SSSR count). The SMILES string of the molecule is CCC(C)(C)C1CCc2c(sc(NC(=O)c3c(C)c(-c4ccccc4)nc4ccccc34)c2C#N)C1. The number of nitrogens with one attached hydrogen (secondary N) is 1. The van der Waals surface area contributed by atoms with Gasteiger partial charge in [-0.1, -0.05) is 75.7 Å². The van der Waals surface area contributed by atoms with Crippen LogP contribution in [0.5, 0.6) is 0 Å². The molecule has 4 nitrogen and oxygen atoms in total. The normalized spacial score (nSPS) is 15.4. The third-order valence-corrected chi connectivity index (χ3v) is 9.20. The Kier molecular flexibility index (Phi) is 6.40. The number of fused-ring (bicyclic) bond motifs is 2. The maximum Gasteiger partial charge on any atom is 0.257 e. The Bertz CT molecular complexity index is 1490. The highest BCUT2D eigenvalue weighted by atomic mass is 32.1. The molecular weight excluding hydrogens is 462 g/mol. The number of benzene rings is 2. The molecule has 0 fully saturated rings. The Labute approximate surface area is 217 Å². The summed E-state index contributed by atoms with van der Waals surface area (Å²) in [7, 11) is 0. The molecule has 1 amide bonds. The van der Waals surface area contributed by atoms with Crippen molar-refractivity contribution >= 4 is 33.1 Å². The van der Waals surface area contributed by atoms with Crippen molar-refractivity contribution in [2.24, 2.45) is 11.3 Å². The van der Waals surface area contributed by atoms with Crippen LogP contribution in [-0.4, -0.2) is 10.9 Å². The van der Waals surface area contributed by atoms with E-state index in [1.165, 1.54) is 4.88 Å². The molecule has 2 heterocycles. The quantitative estimate of drug-likeness (QED) is 0.307. The molecule has 0 radical (unpaired) electrons. The minimum absolute atomic E-state index is 0.191. The standard InChI is InChI=1S/C31H31N3OS/c1-5-31(3,4)21-15-16-22-24(18-32)30(36-26(22)17-21)34-29(35)27-19(2)28(20-11-7-6-8-12-20)33-25-14-10-9-13-23(25)27/h6-14,21H,5,15-17H2,1-4H3,(H,34,35). The van der Waals surface area contributed by atoms with Crippen molar-refractivity contribution in [1.29, 1.82) is 5.26 Å². The fourth-order valence-electron chi connectivity index (χ4n) is 5.39. The van der Waals surface area contributed by atoms with Crippen LogP contribution in [0.4, 0.5) is 5.00 Å². The van der Waals surface area contributed by atoms with Crippen molar-refractivity contribution in [1.82, 2.24) is 4.98 Å². The van der Waals surface area contributed by atoms with Crippen LogP contribution in [0.3, 0.4) is 0 Å². The first-order valence-corrected chi connectivity index (χ1v) is 13.5. The summed E-state index contributed by atoms with van der Waals surface area (Å²) in [6.45, 7) is 8.89. The van der Waals surface area contributed by atoms with Crippen LogP contribution in [0.2, 0.25) is 0 Å². The molecule has 4 aromatic rings. The van der Waals surface area contributed by atoms with Gasteiger partial charge in [-0.3, -0.25) is 4.79 Å². The van der Waals surface area contributed by atoms with Crippen molar-refractivity contribution in [3.8, 4) is 17.3 Å². The molecular formula is C31H31N3OS. The number of thiophene rings is 1. The predicted octanol–water partition coefficient (Wildman–Crippen LogP) is 7.94. The molecule has 2 aromatic heterocycles. The van der Waals surface area contributed by atoms with Gasteiger partial charge in [0.15, 0.2) is 0 Å². The van der Waals surface area contributed by atoms with Crippen LogP contribution in [0.1, 0.15) is 65.5 Å². The average molecular weight is 494 g/mol. The minimum Gasteiger partial charge on any atom is -0.312 e. The summed E-state index contributed by atoms with van der Waals surface area (Å²) in [5, 5.41) is 14.7. The fraction of sp³-hybridized carbons (Fsp3) is 0.323. The number of nitrogens with zero attached hydrogens (tertiary/aromatic N) is 2. The summed E-state index contributed by atoms with van der Waals surface area (Å²) in [5.41, 5.74) is 6.03. The van der Waals surface area contributed by atoms with E-state index < -0.39 is 0 Å². The van der Waals surface area contributed by atoms with Gasteiger partial charge in [-0.2, -0.15) is 5.26 Å². The van der Waals surface area contributed by atoms with E-state index in [1.807, 2.05) is 61.5 Å². The zero-order valence-corrected chi connectivity index (χ0v) is 22.1. The van der Waals surface area contributed by atoms with Gasteiger partial charge in [-0.05, 0) is 54.7 Å². The Morgan fingerprint density at radius 1 is 1.17 bits per heavy atom. The van der Waals surface area contributed by atoms with Gasteiger partial charge in [0.2, 0.25) is 0 Å². The van der Waals surface area contributed by atoms with Gasteiger partial charge in [0.1, 0.15) is 11.1 Å². The van der Waals surface area contributed by atoms with E-state index in [0.717, 1.165) is 59.0 Å². The second-order valence-electron chi connectivity index (χ2n) is 10.4. The molecule has 0 saturated carbocycles. The molecule has 0 saturated heterocycles. The van der Waals surface area contributed by atoms with E-state index in [2.05, 4.69) is 32.2 Å². The lowest BCUT2D eigenvalue weighted by Gasteiger charge is -2.36. The van der Waals surface area contributed by atoms with Crippen molar-refractivity contribution in [2.75, 3.05) is 5.32 Å². The number of hydrogen-bond donors (Lipinski definition) is 1. The lowest BCUT2D eigenvalue weighted by molar-refractivity contribution is 0.102. The number of rotatable bonds is 5. The number of pyridine rings is 1. The molecule has 2 aromatic carbocycles. The van der Waals surface area contributed by atoms with Crippen molar-refractivity contribution in [3.63, 3.8) is 0 Å². The van der Waals surface area contributed by atoms with Crippen LogP contribution in [0.25, 0.3) is 22.2 Å². The number of nitriles is 1. The molecule has 36 heavy (non-hydrogen) atoms. The predicted molar refractivity (Wildman–Crippen MR) is 148 cm³/mol. The molecule has 0 aliphatic heterocycles. The van der Waals surface area contributed by atoms with Gasteiger partial charge in [0.05, 0.1) is 22.3 Å². The fourth-order valence-corrected chi connectivity index (χ4v) is 6.66. The Morgan fingerprint density at radius 2 is 1.89 bits per heavy atom. The Hall–Kier alpha value is -3.49. The zero-order valence-electron chi connectivity index (χ0n) is 21.3. The Balaban J connectivity index is 1.55. The summed E-state index contributed by atoms with van der Waals surface area (Å²) < 4.78 is 0. The Morgan fingerprint density at radius 3 is 2.61 bits per heavy atom. The van der Waals surface area contributed by atoms with E-state index >= 15 is 0 Å². The molecule has 1 N–H and O–H groups in total. The lowest BCUT2D eigenvalue weighted by atomic mass is 9.69. The molecule has 1 unspecified atom stereocenters. The second kappa shape index (κ2) is 9.52. The number of para-hydroxylation sites is 1. The van der Waals surface area contributed by atoms with Crippen LogP contribution in [0.15, 0.2) is 54.6 Å². The number of carbonyl (C=O) groups excluding carboxylic acids is 1. The second-order valence-corrected chi connectivity index (χ2v) is 11.5. The smallest absolute Gasteiger partial charge is 0.257 e. The van der Waals surface area contributed by atoms with Gasteiger partial charge in [-0.15, -0.1) is 11.3 Å². The highest BCUT2D eigenvalue weighted by Gasteiger charge is 2.34. The van der Waals surface area contributed by atoms with Crippen LogP contribution >= 0.6 is 11.3 Å². The largest absolute Gasteiger partial charge is 0.312 e. The molecule has 1 aliphatic rings. The number of carbonyl (C=O) groups is 1. The van der Waals surface area contributed by atoms with Gasteiger partial charge in [0, 0.05) is 15.8 Å². The van der Waals surface area contributed by atoms with E-state index in [4.69, 9.17) is 4.98 Å². The lowest BCUT2D eigenvalue weighted by Crippen LogP contribution is -2.28. The maximum atomic E-state index is 13.8. The zero-order chi connectivity index (χ0) is 25.4. The first-order valence-electron chi connectivity index (χ1n) is 12.6. The van der Waals surface area contributed by atoms with E-state index in [-0.39, 0.29) is 11.3 Å². The molecule has 1 aliphatic carbocycles. The van der Waals surface area contributed by atoms with E-state index in [9.17, 15) is 10.1 Å². The van der Waals surface area contributed by atoms with Crippen LogP contribution in [0, 0.1) is 29.6 Å². The molecule has 182 valence electrons.